The second-order valence-electron chi connectivity index (χ2n) is 8.23. The molecule has 7 heteroatoms. The first kappa shape index (κ1) is 21.2. The Morgan fingerprint density at radius 3 is 2.55 bits per heavy atom. The molecule has 0 bridgehead atoms. The Morgan fingerprint density at radius 2 is 1.81 bits per heavy atom. The minimum absolute atomic E-state index is 0.0294. The topological polar surface area (TPSA) is 82.1 Å². The molecule has 0 radical (unpaired) electrons. The van der Waals surface area contributed by atoms with Crippen LogP contribution in [0.15, 0.2) is 53.7 Å². The van der Waals surface area contributed by atoms with Gasteiger partial charge in [-0.3, -0.25) is 14.5 Å². The molecule has 0 aromatic heterocycles. The van der Waals surface area contributed by atoms with E-state index in [0.717, 1.165) is 49.3 Å². The maximum Gasteiger partial charge on any atom is 0.253 e. The number of anilines is 1. The van der Waals surface area contributed by atoms with E-state index in [2.05, 4.69) is 15.4 Å². The lowest BCUT2D eigenvalue weighted by Crippen LogP contribution is -2.48. The van der Waals surface area contributed by atoms with Crippen LogP contribution in [-0.2, 0) is 11.2 Å². The minimum Gasteiger partial charge on any atom is -0.336 e. The lowest BCUT2D eigenvalue weighted by Gasteiger charge is -2.35. The summed E-state index contributed by atoms with van der Waals surface area (Å²) in [6, 6.07) is 15.0. The van der Waals surface area contributed by atoms with Crippen molar-refractivity contribution in [3.05, 3.63) is 70.1 Å². The van der Waals surface area contributed by atoms with Gasteiger partial charge in [0, 0.05) is 43.9 Å². The first-order valence-corrected chi connectivity index (χ1v) is 11.0. The zero-order chi connectivity index (χ0) is 21.6. The molecule has 0 saturated carbocycles. The lowest BCUT2D eigenvalue weighted by atomic mass is 10.00. The SMILES string of the molecule is O=NC(CCCN1CCN(C(=O)c2ccc3c(c2)CCC(=O)N3)CC1)c1ccccc1. The highest BCUT2D eigenvalue weighted by atomic mass is 16.3. The number of carbonyl (C=O) groups excluding carboxylic acids is 2. The lowest BCUT2D eigenvalue weighted by molar-refractivity contribution is -0.116. The second-order valence-corrected chi connectivity index (χ2v) is 8.23. The third kappa shape index (κ3) is 5.17. The molecule has 1 atom stereocenters. The van der Waals surface area contributed by atoms with Crippen molar-refractivity contribution >= 4 is 17.5 Å². The van der Waals surface area contributed by atoms with Gasteiger partial charge in [0.15, 0.2) is 0 Å². The molecule has 1 saturated heterocycles. The number of piperazine rings is 1. The van der Waals surface area contributed by atoms with Crippen LogP contribution in [0.1, 0.15) is 46.8 Å². The van der Waals surface area contributed by atoms with Crippen LogP contribution in [-0.4, -0.2) is 54.3 Å². The van der Waals surface area contributed by atoms with Crippen molar-refractivity contribution in [3.63, 3.8) is 0 Å². The van der Waals surface area contributed by atoms with E-state index in [0.29, 0.717) is 31.5 Å². The predicted molar refractivity (Wildman–Crippen MR) is 120 cm³/mol. The molecular weight excluding hydrogens is 392 g/mol. The van der Waals surface area contributed by atoms with Crippen LogP contribution in [0.25, 0.3) is 0 Å². The number of amides is 2. The van der Waals surface area contributed by atoms with Crippen molar-refractivity contribution in [2.75, 3.05) is 38.0 Å². The van der Waals surface area contributed by atoms with Crippen molar-refractivity contribution in [3.8, 4) is 0 Å². The zero-order valence-corrected chi connectivity index (χ0v) is 17.6. The summed E-state index contributed by atoms with van der Waals surface area (Å²) in [7, 11) is 0. The third-order valence-corrected chi connectivity index (χ3v) is 6.17. The molecule has 2 aliphatic heterocycles. The van der Waals surface area contributed by atoms with Gasteiger partial charge in [0.1, 0.15) is 6.04 Å². The van der Waals surface area contributed by atoms with Gasteiger partial charge in [0.05, 0.1) is 0 Å². The molecule has 1 unspecified atom stereocenters. The van der Waals surface area contributed by atoms with Gasteiger partial charge in [-0.05, 0) is 55.1 Å². The number of nitroso groups, excluding NO2 is 1. The first-order valence-electron chi connectivity index (χ1n) is 11.0. The molecule has 162 valence electrons. The highest BCUT2D eigenvalue weighted by molar-refractivity contribution is 5.98. The fourth-order valence-corrected chi connectivity index (χ4v) is 4.34. The summed E-state index contributed by atoms with van der Waals surface area (Å²) < 4.78 is 0. The van der Waals surface area contributed by atoms with Gasteiger partial charge in [0.2, 0.25) is 5.91 Å². The number of nitrogens with zero attached hydrogens (tertiary/aromatic N) is 3. The molecule has 31 heavy (non-hydrogen) atoms. The van der Waals surface area contributed by atoms with Crippen LogP contribution >= 0.6 is 0 Å². The number of fused-ring (bicyclic) bond motifs is 1. The third-order valence-electron chi connectivity index (χ3n) is 6.17. The van der Waals surface area contributed by atoms with E-state index in [-0.39, 0.29) is 17.9 Å². The number of hydrogen-bond acceptors (Lipinski definition) is 5. The van der Waals surface area contributed by atoms with Gasteiger partial charge >= 0.3 is 0 Å². The molecule has 2 aromatic rings. The number of hydrogen-bond donors (Lipinski definition) is 1. The Balaban J connectivity index is 1.24. The van der Waals surface area contributed by atoms with Crippen LogP contribution in [0.5, 0.6) is 0 Å². The first-order chi connectivity index (χ1) is 15.1. The normalized spacial score (nSPS) is 17.5. The van der Waals surface area contributed by atoms with Crippen molar-refractivity contribution in [2.45, 2.75) is 31.7 Å². The van der Waals surface area contributed by atoms with Gasteiger partial charge in [-0.25, -0.2) is 0 Å². The molecule has 1 fully saturated rings. The Kier molecular flexibility index (Phi) is 6.72. The van der Waals surface area contributed by atoms with Gasteiger partial charge in [-0.2, -0.15) is 4.91 Å². The van der Waals surface area contributed by atoms with Gasteiger partial charge in [0.25, 0.3) is 5.91 Å². The van der Waals surface area contributed by atoms with Crippen LogP contribution in [0.2, 0.25) is 0 Å². The van der Waals surface area contributed by atoms with Gasteiger partial charge in [-0.1, -0.05) is 35.5 Å². The monoisotopic (exact) mass is 420 g/mol. The fraction of sp³-hybridized carbons (Fsp3) is 0.417. The highest BCUT2D eigenvalue weighted by Gasteiger charge is 2.24. The summed E-state index contributed by atoms with van der Waals surface area (Å²) >= 11 is 0. The summed E-state index contributed by atoms with van der Waals surface area (Å²) in [4.78, 5) is 39.9. The molecular formula is C24H28N4O3. The molecule has 2 aliphatic rings. The van der Waals surface area contributed by atoms with Crippen molar-refractivity contribution in [1.82, 2.24) is 9.80 Å². The van der Waals surface area contributed by atoms with Crippen LogP contribution < -0.4 is 5.32 Å². The molecule has 1 N–H and O–H groups in total. The second kappa shape index (κ2) is 9.83. The largest absolute Gasteiger partial charge is 0.336 e. The van der Waals surface area contributed by atoms with E-state index < -0.39 is 0 Å². The fourth-order valence-electron chi connectivity index (χ4n) is 4.34. The van der Waals surface area contributed by atoms with Crippen LogP contribution in [0.4, 0.5) is 5.69 Å². The summed E-state index contributed by atoms with van der Waals surface area (Å²) in [5.74, 6) is 0.0790. The van der Waals surface area contributed by atoms with Crippen molar-refractivity contribution in [1.29, 1.82) is 0 Å². The summed E-state index contributed by atoms with van der Waals surface area (Å²) in [6.45, 7) is 3.95. The Hall–Kier alpha value is -3.06. The molecule has 0 aliphatic carbocycles. The van der Waals surface area contributed by atoms with E-state index in [4.69, 9.17) is 0 Å². The quantitative estimate of drug-likeness (QED) is 0.694. The van der Waals surface area contributed by atoms with E-state index in [1.807, 2.05) is 47.4 Å². The van der Waals surface area contributed by atoms with E-state index in [1.54, 1.807) is 6.07 Å². The molecule has 2 amide bonds. The Labute approximate surface area is 182 Å². The standard InChI is InChI=1S/C24H28N4O3/c29-23-11-9-19-17-20(8-10-21(19)25-23)24(30)28-15-13-27(14-16-28)12-4-7-22(26-31)18-5-2-1-3-6-18/h1-3,5-6,8,10,17,22H,4,7,9,11-16H2,(H,25,29). The van der Waals surface area contributed by atoms with E-state index in [9.17, 15) is 14.5 Å². The number of carbonyl (C=O) groups is 2. The van der Waals surface area contributed by atoms with Gasteiger partial charge in [-0.15, -0.1) is 0 Å². The number of benzene rings is 2. The van der Waals surface area contributed by atoms with Crippen molar-refractivity contribution < 1.29 is 9.59 Å². The molecule has 7 nitrogen and oxygen atoms in total. The molecule has 4 rings (SSSR count). The molecule has 0 spiro atoms. The number of nitrogens with one attached hydrogen (secondary N) is 1. The van der Waals surface area contributed by atoms with Crippen LogP contribution in [0, 0.1) is 4.91 Å². The predicted octanol–water partition coefficient (Wildman–Crippen LogP) is 3.62. The average Bonchev–Trinajstić information content (AvgIpc) is 2.82. The number of rotatable bonds is 7. The minimum atomic E-state index is -0.294. The van der Waals surface area contributed by atoms with E-state index >= 15 is 0 Å². The summed E-state index contributed by atoms with van der Waals surface area (Å²) in [5.41, 5.74) is 3.50. The van der Waals surface area contributed by atoms with Crippen molar-refractivity contribution in [2.24, 2.45) is 5.18 Å². The summed E-state index contributed by atoms with van der Waals surface area (Å²) in [6.07, 6.45) is 2.78. The smallest absolute Gasteiger partial charge is 0.253 e. The maximum absolute atomic E-state index is 12.9. The molecule has 2 heterocycles. The van der Waals surface area contributed by atoms with Gasteiger partial charge < -0.3 is 10.2 Å². The zero-order valence-electron chi connectivity index (χ0n) is 17.6. The van der Waals surface area contributed by atoms with Crippen LogP contribution in [0.3, 0.4) is 0 Å². The maximum atomic E-state index is 12.9. The van der Waals surface area contributed by atoms with E-state index in [1.165, 1.54) is 0 Å². The average molecular weight is 421 g/mol. The Morgan fingerprint density at radius 1 is 1.03 bits per heavy atom. The molecule has 2 aromatic carbocycles. The Bertz CT molecular complexity index is 939. The summed E-state index contributed by atoms with van der Waals surface area (Å²) in [5, 5.41) is 6.16. The highest BCUT2D eigenvalue weighted by Crippen LogP contribution is 2.25. The number of aryl methyl sites for hydroxylation is 1.